The van der Waals surface area contributed by atoms with Gasteiger partial charge in [-0.1, -0.05) is 30.3 Å². The number of benzene rings is 2. The number of ether oxygens (including phenoxy) is 1. The highest BCUT2D eigenvalue weighted by Crippen LogP contribution is 2.23. The van der Waals surface area contributed by atoms with E-state index < -0.39 is 0 Å². The molecule has 1 aliphatic heterocycles. The Labute approximate surface area is 157 Å². The molecule has 4 nitrogen and oxygen atoms in total. The van der Waals surface area contributed by atoms with Gasteiger partial charge in [-0.25, -0.2) is 0 Å². The van der Waals surface area contributed by atoms with Crippen LogP contribution in [0, 0.1) is 5.92 Å². The normalized spacial score (nSPS) is 21.5. The molecule has 0 amide bonds. The Morgan fingerprint density at radius 2 is 1.65 bits per heavy atom. The number of hydrogen-bond donors (Lipinski definition) is 1. The highest BCUT2D eigenvalue weighted by molar-refractivity contribution is 5.32. The zero-order valence-electron chi connectivity index (χ0n) is 15.8. The fourth-order valence-corrected chi connectivity index (χ4v) is 3.59. The summed E-state index contributed by atoms with van der Waals surface area (Å²) >= 11 is 0. The van der Waals surface area contributed by atoms with Crippen LogP contribution in [0.4, 0.5) is 0 Å². The van der Waals surface area contributed by atoms with Crippen LogP contribution in [0.1, 0.15) is 18.4 Å². The Bertz CT molecular complexity index is 658. The SMILES string of the molecule is CN(C)[C@@H]1CC[C@H](CO)CN(Cc2ccc(Oc3ccccc3)cc2)C1. The van der Waals surface area contributed by atoms with Crippen molar-refractivity contribution in [3.05, 3.63) is 60.2 Å². The Kier molecular flexibility index (Phi) is 6.67. The third-order valence-electron chi connectivity index (χ3n) is 5.19. The van der Waals surface area contributed by atoms with Gasteiger partial charge >= 0.3 is 0 Å². The van der Waals surface area contributed by atoms with Crippen LogP contribution in [0.5, 0.6) is 11.5 Å². The second kappa shape index (κ2) is 9.17. The number of hydrogen-bond acceptors (Lipinski definition) is 4. The Hall–Kier alpha value is -1.88. The number of aliphatic hydroxyl groups is 1. The van der Waals surface area contributed by atoms with Crippen molar-refractivity contribution in [1.82, 2.24) is 9.80 Å². The maximum Gasteiger partial charge on any atom is 0.127 e. The molecule has 4 heteroatoms. The average molecular weight is 354 g/mol. The summed E-state index contributed by atoms with van der Waals surface area (Å²) in [6, 6.07) is 18.8. The van der Waals surface area contributed by atoms with Gasteiger partial charge in [-0.05, 0) is 62.7 Å². The van der Waals surface area contributed by atoms with Crippen molar-refractivity contribution < 1.29 is 9.84 Å². The molecule has 3 rings (SSSR count). The van der Waals surface area contributed by atoms with Gasteiger partial charge in [0.2, 0.25) is 0 Å². The summed E-state index contributed by atoms with van der Waals surface area (Å²) in [6.07, 6.45) is 2.25. The summed E-state index contributed by atoms with van der Waals surface area (Å²) in [4.78, 5) is 4.79. The van der Waals surface area contributed by atoms with Crippen LogP contribution >= 0.6 is 0 Å². The highest BCUT2D eigenvalue weighted by atomic mass is 16.5. The fourth-order valence-electron chi connectivity index (χ4n) is 3.59. The molecule has 1 N–H and O–H groups in total. The first-order valence-electron chi connectivity index (χ1n) is 9.45. The molecule has 1 fully saturated rings. The van der Waals surface area contributed by atoms with Crippen molar-refractivity contribution in [3.63, 3.8) is 0 Å². The molecular weight excluding hydrogens is 324 g/mol. The van der Waals surface area contributed by atoms with Crippen LogP contribution in [0.2, 0.25) is 0 Å². The molecule has 0 bridgehead atoms. The van der Waals surface area contributed by atoms with E-state index in [1.807, 2.05) is 42.5 Å². The lowest BCUT2D eigenvalue weighted by Gasteiger charge is -2.29. The van der Waals surface area contributed by atoms with Crippen molar-refractivity contribution >= 4 is 0 Å². The number of para-hydroxylation sites is 1. The van der Waals surface area contributed by atoms with E-state index in [1.165, 1.54) is 5.56 Å². The van der Waals surface area contributed by atoms with Crippen LogP contribution in [0.15, 0.2) is 54.6 Å². The topological polar surface area (TPSA) is 35.9 Å². The Balaban J connectivity index is 1.63. The first-order chi connectivity index (χ1) is 12.6. The van der Waals surface area contributed by atoms with E-state index in [2.05, 4.69) is 36.0 Å². The van der Waals surface area contributed by atoms with Crippen molar-refractivity contribution in [3.8, 4) is 11.5 Å². The minimum atomic E-state index is 0.278. The lowest BCUT2D eigenvalue weighted by molar-refractivity contribution is 0.158. The number of aliphatic hydroxyl groups excluding tert-OH is 1. The maximum absolute atomic E-state index is 9.64. The third kappa shape index (κ3) is 5.31. The van der Waals surface area contributed by atoms with E-state index in [9.17, 15) is 5.11 Å². The highest BCUT2D eigenvalue weighted by Gasteiger charge is 2.24. The van der Waals surface area contributed by atoms with E-state index in [1.54, 1.807) is 0 Å². The third-order valence-corrected chi connectivity index (χ3v) is 5.19. The number of likely N-dealkylation sites (N-methyl/N-ethyl adjacent to an activating group) is 1. The van der Waals surface area contributed by atoms with Crippen molar-refractivity contribution in [2.45, 2.75) is 25.4 Å². The van der Waals surface area contributed by atoms with Crippen molar-refractivity contribution in [1.29, 1.82) is 0 Å². The summed E-state index contributed by atoms with van der Waals surface area (Å²) in [6.45, 7) is 3.20. The molecule has 1 aliphatic rings. The van der Waals surface area contributed by atoms with Crippen molar-refractivity contribution in [2.24, 2.45) is 5.92 Å². The monoisotopic (exact) mass is 354 g/mol. The molecule has 0 spiro atoms. The number of likely N-dealkylation sites (tertiary alicyclic amines) is 1. The molecule has 140 valence electrons. The van der Waals surface area contributed by atoms with Gasteiger partial charge < -0.3 is 14.7 Å². The van der Waals surface area contributed by atoms with Gasteiger partial charge in [-0.15, -0.1) is 0 Å². The molecule has 26 heavy (non-hydrogen) atoms. The lowest BCUT2D eigenvalue weighted by atomic mass is 10.0. The largest absolute Gasteiger partial charge is 0.457 e. The van der Waals surface area contributed by atoms with Gasteiger partial charge in [0.15, 0.2) is 0 Å². The van der Waals surface area contributed by atoms with Crippen LogP contribution in [0.25, 0.3) is 0 Å². The van der Waals surface area contributed by atoms with E-state index in [4.69, 9.17) is 4.74 Å². The van der Waals surface area contributed by atoms with E-state index in [0.717, 1.165) is 44.0 Å². The van der Waals surface area contributed by atoms with Gasteiger partial charge in [0, 0.05) is 32.3 Å². The standard InChI is InChI=1S/C22H30N2O2/c1-23(2)20-11-8-19(17-25)15-24(16-20)14-18-9-12-22(13-10-18)26-21-6-4-3-5-7-21/h3-7,9-10,12-13,19-20,25H,8,11,14-17H2,1-2H3/t19-,20+/m0/s1. The molecule has 0 unspecified atom stereocenters. The zero-order chi connectivity index (χ0) is 18.4. The van der Waals surface area contributed by atoms with Crippen LogP contribution in [-0.2, 0) is 6.54 Å². The number of rotatable bonds is 6. The van der Waals surface area contributed by atoms with Gasteiger partial charge in [-0.2, -0.15) is 0 Å². The fraction of sp³-hybridized carbons (Fsp3) is 0.455. The zero-order valence-corrected chi connectivity index (χ0v) is 15.8. The van der Waals surface area contributed by atoms with E-state index in [0.29, 0.717) is 12.0 Å². The first-order valence-corrected chi connectivity index (χ1v) is 9.45. The van der Waals surface area contributed by atoms with E-state index in [-0.39, 0.29) is 6.61 Å². The Morgan fingerprint density at radius 1 is 0.962 bits per heavy atom. The molecule has 2 aromatic rings. The predicted molar refractivity (Wildman–Crippen MR) is 106 cm³/mol. The maximum atomic E-state index is 9.64. The van der Waals surface area contributed by atoms with Crippen LogP contribution in [-0.4, -0.2) is 54.7 Å². The molecule has 1 saturated heterocycles. The predicted octanol–water partition coefficient (Wildman–Crippen LogP) is 3.61. The average Bonchev–Trinajstić information content (AvgIpc) is 2.86. The smallest absolute Gasteiger partial charge is 0.127 e. The molecule has 1 heterocycles. The molecular formula is C22H30N2O2. The molecule has 2 aromatic carbocycles. The molecule has 0 aliphatic carbocycles. The summed E-state index contributed by atoms with van der Waals surface area (Å²) in [5.41, 5.74) is 1.28. The van der Waals surface area contributed by atoms with Crippen LogP contribution < -0.4 is 4.74 Å². The summed E-state index contributed by atoms with van der Waals surface area (Å²) in [7, 11) is 4.30. The number of nitrogens with zero attached hydrogens (tertiary/aromatic N) is 2. The van der Waals surface area contributed by atoms with Gasteiger partial charge in [0.05, 0.1) is 0 Å². The first kappa shape index (κ1) is 18.9. The molecule has 0 saturated carbocycles. The second-order valence-electron chi connectivity index (χ2n) is 7.50. The van der Waals surface area contributed by atoms with E-state index >= 15 is 0 Å². The molecule has 0 aromatic heterocycles. The van der Waals surface area contributed by atoms with Gasteiger partial charge in [0.1, 0.15) is 11.5 Å². The van der Waals surface area contributed by atoms with Crippen molar-refractivity contribution in [2.75, 3.05) is 33.8 Å². The summed E-state index contributed by atoms with van der Waals surface area (Å²) in [5, 5.41) is 9.64. The second-order valence-corrected chi connectivity index (χ2v) is 7.50. The van der Waals surface area contributed by atoms with Gasteiger partial charge in [-0.3, -0.25) is 4.90 Å². The summed E-state index contributed by atoms with van der Waals surface area (Å²) in [5.74, 6) is 2.09. The van der Waals surface area contributed by atoms with Crippen LogP contribution in [0.3, 0.4) is 0 Å². The quantitative estimate of drug-likeness (QED) is 0.860. The minimum Gasteiger partial charge on any atom is -0.457 e. The molecule has 2 atom stereocenters. The van der Waals surface area contributed by atoms with Gasteiger partial charge in [0.25, 0.3) is 0 Å². The lowest BCUT2D eigenvalue weighted by Crippen LogP contribution is -2.39. The Morgan fingerprint density at radius 3 is 2.31 bits per heavy atom. The minimum absolute atomic E-state index is 0.278. The summed E-state index contributed by atoms with van der Waals surface area (Å²) < 4.78 is 5.87. The molecule has 0 radical (unpaired) electrons.